The van der Waals surface area contributed by atoms with Gasteiger partial charge in [-0.2, -0.15) is 0 Å². The van der Waals surface area contributed by atoms with E-state index in [4.69, 9.17) is 0 Å². The maximum Gasteiger partial charge on any atom is -0.0242 e. The van der Waals surface area contributed by atoms with Gasteiger partial charge in [0.2, 0.25) is 0 Å². The van der Waals surface area contributed by atoms with Crippen molar-refractivity contribution in [2.75, 3.05) is 0 Å². The Bertz CT molecular complexity index is 442. The molecule has 0 N–H and O–H groups in total. The average molecular weight is 347 g/mol. The fourth-order valence-corrected chi connectivity index (χ4v) is 1.30. The standard InChI is InChI=1S/C10H14.C7H14.C4H10.C4H8/c1-4-10-6-5-8(2)9(3)7-10;1-5-7(4)6(2)3;2*1-4(2)3/h5-7H,4H2,1-3H3;5-7H,1H2,2-4H3;4H,1-3H3;1H2,2-3H3/t;7-;;/m.1../s1. The first-order valence-corrected chi connectivity index (χ1v) is 9.69. The normalized spacial score (nSPS) is 10.4. The van der Waals surface area contributed by atoms with Crippen LogP contribution in [0.2, 0.25) is 0 Å². The maximum absolute atomic E-state index is 3.68. The van der Waals surface area contributed by atoms with Gasteiger partial charge in [0.25, 0.3) is 0 Å². The van der Waals surface area contributed by atoms with E-state index in [0.717, 1.165) is 18.3 Å². The molecule has 25 heavy (non-hydrogen) atoms. The van der Waals surface area contributed by atoms with Crippen LogP contribution in [-0.2, 0) is 6.42 Å². The van der Waals surface area contributed by atoms with Crippen molar-refractivity contribution >= 4 is 0 Å². The van der Waals surface area contributed by atoms with Crippen molar-refractivity contribution < 1.29 is 0 Å². The molecular formula is C25H46. The molecule has 0 nitrogen and oxygen atoms in total. The second kappa shape index (κ2) is 17.5. The molecule has 0 radical (unpaired) electrons. The van der Waals surface area contributed by atoms with Crippen molar-refractivity contribution in [3.63, 3.8) is 0 Å². The van der Waals surface area contributed by atoms with E-state index in [1.54, 1.807) is 0 Å². The zero-order valence-corrected chi connectivity index (χ0v) is 19.2. The van der Waals surface area contributed by atoms with Crippen LogP contribution in [0.1, 0.15) is 79.0 Å². The highest BCUT2D eigenvalue weighted by atomic mass is 14.0. The lowest BCUT2D eigenvalue weighted by Gasteiger charge is -2.07. The lowest BCUT2D eigenvalue weighted by atomic mass is 9.99. The van der Waals surface area contributed by atoms with Crippen LogP contribution < -0.4 is 0 Å². The van der Waals surface area contributed by atoms with Crippen molar-refractivity contribution in [2.24, 2.45) is 17.8 Å². The summed E-state index contributed by atoms with van der Waals surface area (Å²) in [6, 6.07) is 6.64. The van der Waals surface area contributed by atoms with Gasteiger partial charge in [-0.1, -0.05) is 78.3 Å². The van der Waals surface area contributed by atoms with E-state index in [1.165, 1.54) is 22.3 Å². The van der Waals surface area contributed by atoms with Crippen LogP contribution in [0.25, 0.3) is 0 Å². The largest absolute Gasteiger partial charge is 0.103 e. The molecule has 0 heterocycles. The number of hydrogen-bond acceptors (Lipinski definition) is 0. The molecule has 0 amide bonds. The smallest absolute Gasteiger partial charge is 0.0242 e. The highest BCUT2D eigenvalue weighted by molar-refractivity contribution is 5.29. The van der Waals surface area contributed by atoms with Gasteiger partial charge in [0.15, 0.2) is 0 Å². The van der Waals surface area contributed by atoms with Crippen molar-refractivity contribution in [3.8, 4) is 0 Å². The van der Waals surface area contributed by atoms with Crippen LogP contribution in [0, 0.1) is 31.6 Å². The second-order valence-corrected chi connectivity index (χ2v) is 8.05. The van der Waals surface area contributed by atoms with E-state index in [1.807, 2.05) is 19.9 Å². The van der Waals surface area contributed by atoms with E-state index in [2.05, 4.69) is 93.7 Å². The van der Waals surface area contributed by atoms with Gasteiger partial charge in [0.05, 0.1) is 0 Å². The van der Waals surface area contributed by atoms with Gasteiger partial charge in [0.1, 0.15) is 0 Å². The Morgan fingerprint density at radius 1 is 0.960 bits per heavy atom. The minimum Gasteiger partial charge on any atom is -0.103 e. The fraction of sp³-hybridized carbons (Fsp3) is 0.600. The topological polar surface area (TPSA) is 0 Å². The molecule has 1 aromatic carbocycles. The summed E-state index contributed by atoms with van der Waals surface area (Å²) in [7, 11) is 0. The van der Waals surface area contributed by atoms with Gasteiger partial charge in [-0.15, -0.1) is 13.2 Å². The summed E-state index contributed by atoms with van der Waals surface area (Å²) in [5.41, 5.74) is 5.39. The van der Waals surface area contributed by atoms with Crippen LogP contribution in [0.3, 0.4) is 0 Å². The van der Waals surface area contributed by atoms with Crippen molar-refractivity contribution in [1.29, 1.82) is 0 Å². The predicted molar refractivity (Wildman–Crippen MR) is 120 cm³/mol. The van der Waals surface area contributed by atoms with Crippen molar-refractivity contribution in [2.45, 2.75) is 82.6 Å². The molecule has 146 valence electrons. The molecule has 1 rings (SSSR count). The molecule has 0 aliphatic carbocycles. The van der Waals surface area contributed by atoms with Crippen LogP contribution in [0.5, 0.6) is 0 Å². The highest BCUT2D eigenvalue weighted by Gasteiger charge is 1.98. The molecule has 0 bridgehead atoms. The maximum atomic E-state index is 3.68. The lowest BCUT2D eigenvalue weighted by molar-refractivity contribution is 0.505. The Labute approximate surface area is 160 Å². The molecule has 1 atom stereocenters. The minimum atomic E-state index is 0.667. The van der Waals surface area contributed by atoms with Crippen LogP contribution in [0.4, 0.5) is 0 Å². The van der Waals surface area contributed by atoms with E-state index in [-0.39, 0.29) is 0 Å². The summed E-state index contributed by atoms with van der Waals surface area (Å²) in [6.45, 7) is 30.8. The molecule has 1 aromatic rings. The molecule has 0 heteroatoms. The number of aryl methyl sites for hydroxylation is 3. The van der Waals surface area contributed by atoms with Gasteiger partial charge >= 0.3 is 0 Å². The Morgan fingerprint density at radius 3 is 1.56 bits per heavy atom. The van der Waals surface area contributed by atoms with Crippen LogP contribution >= 0.6 is 0 Å². The number of benzene rings is 1. The summed E-state index contributed by atoms with van der Waals surface area (Å²) < 4.78 is 0. The minimum absolute atomic E-state index is 0.667. The van der Waals surface area contributed by atoms with E-state index < -0.39 is 0 Å². The summed E-state index contributed by atoms with van der Waals surface area (Å²) in [6.07, 6.45) is 3.13. The summed E-state index contributed by atoms with van der Waals surface area (Å²) in [4.78, 5) is 0. The predicted octanol–water partition coefficient (Wildman–Crippen LogP) is 8.58. The monoisotopic (exact) mass is 346 g/mol. The number of allylic oxidation sites excluding steroid dienone is 2. The molecule has 0 saturated carbocycles. The van der Waals surface area contributed by atoms with Gasteiger partial charge in [0, 0.05) is 0 Å². The molecule has 0 saturated heterocycles. The van der Waals surface area contributed by atoms with Gasteiger partial charge in [-0.25, -0.2) is 0 Å². The van der Waals surface area contributed by atoms with Crippen molar-refractivity contribution in [3.05, 3.63) is 59.7 Å². The average Bonchev–Trinajstić information content (AvgIpc) is 2.48. The van der Waals surface area contributed by atoms with Gasteiger partial charge in [-0.3, -0.25) is 0 Å². The zero-order chi connectivity index (χ0) is 20.6. The molecule has 0 unspecified atom stereocenters. The van der Waals surface area contributed by atoms with Gasteiger partial charge < -0.3 is 0 Å². The third kappa shape index (κ3) is 25.1. The third-order valence-electron chi connectivity index (χ3n) is 3.40. The molecule has 0 aliphatic heterocycles. The van der Waals surface area contributed by atoms with E-state index >= 15 is 0 Å². The molecular weight excluding hydrogens is 300 g/mol. The second-order valence-electron chi connectivity index (χ2n) is 8.05. The summed E-state index contributed by atoms with van der Waals surface area (Å²) >= 11 is 0. The Balaban J connectivity index is -0.000000283. The number of hydrogen-bond donors (Lipinski definition) is 0. The Morgan fingerprint density at radius 2 is 1.36 bits per heavy atom. The van der Waals surface area contributed by atoms with Crippen molar-refractivity contribution in [1.82, 2.24) is 0 Å². The molecule has 0 spiro atoms. The SMILES string of the molecule is C=C(C)C.C=C[C@@H](C)C(C)C.CC(C)C.CCc1ccc(C)c(C)c1. The summed E-state index contributed by atoms with van der Waals surface area (Å²) in [5.74, 6) is 2.25. The van der Waals surface area contributed by atoms with E-state index in [0.29, 0.717) is 5.92 Å². The van der Waals surface area contributed by atoms with Gasteiger partial charge in [-0.05, 0) is 68.6 Å². The molecule has 0 fully saturated rings. The van der Waals surface area contributed by atoms with E-state index in [9.17, 15) is 0 Å². The fourth-order valence-electron chi connectivity index (χ4n) is 1.30. The quantitative estimate of drug-likeness (QED) is 0.481. The highest BCUT2D eigenvalue weighted by Crippen LogP contribution is 2.09. The molecule has 0 aliphatic rings. The van der Waals surface area contributed by atoms with Crippen LogP contribution in [0.15, 0.2) is 43.0 Å². The Hall–Kier alpha value is -1.30. The Kier molecular flexibility index (Phi) is 20.0. The first-order valence-electron chi connectivity index (χ1n) is 9.69. The first kappa shape index (κ1) is 28.5. The zero-order valence-electron chi connectivity index (χ0n) is 19.2. The third-order valence-corrected chi connectivity index (χ3v) is 3.40. The molecule has 0 aromatic heterocycles. The lowest BCUT2D eigenvalue weighted by Crippen LogP contribution is -1.97. The van der Waals surface area contributed by atoms with Crippen LogP contribution in [-0.4, -0.2) is 0 Å². The number of rotatable bonds is 3. The summed E-state index contributed by atoms with van der Waals surface area (Å²) in [5, 5.41) is 0. The first-order chi connectivity index (χ1) is 11.4.